The van der Waals surface area contributed by atoms with Gasteiger partial charge in [-0.25, -0.2) is 44.6 Å². The number of hydrogen-bond acceptors (Lipinski definition) is 8. The first-order chi connectivity index (χ1) is 23.8. The minimum atomic E-state index is -4.22. The van der Waals surface area contributed by atoms with E-state index in [9.17, 15) is 35.2 Å². The highest BCUT2D eigenvalue weighted by Gasteiger charge is 2.25. The Kier molecular flexibility index (Phi) is 15.1. The zero-order valence-corrected chi connectivity index (χ0v) is 32.7. The van der Waals surface area contributed by atoms with Gasteiger partial charge in [0, 0.05) is 24.5 Å². The molecule has 6 rings (SSSR count). The lowest BCUT2D eigenvalue weighted by Gasteiger charge is -2.20. The zero-order valence-electron chi connectivity index (χ0n) is 27.6. The maximum atomic E-state index is 13.1. The van der Waals surface area contributed by atoms with Crippen LogP contribution in [0.2, 0.25) is 0 Å². The number of sulfonamides is 2. The van der Waals surface area contributed by atoms with Gasteiger partial charge in [-0.1, -0.05) is 12.1 Å². The van der Waals surface area contributed by atoms with Crippen LogP contribution in [0.5, 0.6) is 0 Å². The van der Waals surface area contributed by atoms with Crippen LogP contribution >= 0.6 is 34.0 Å². The Balaban J connectivity index is 0.000000439. The summed E-state index contributed by atoms with van der Waals surface area (Å²) in [5.41, 5.74) is 11.4. The second-order valence-electron chi connectivity index (χ2n) is 11.6. The number of nitrogens with one attached hydrogen (secondary N) is 4. The van der Waals surface area contributed by atoms with E-state index in [1.54, 1.807) is 18.2 Å². The lowest BCUT2D eigenvalue weighted by Crippen LogP contribution is -2.43. The molecule has 0 unspecified atom stereocenters. The van der Waals surface area contributed by atoms with Crippen molar-refractivity contribution in [1.82, 2.24) is 19.7 Å². The molecule has 4 aromatic rings. The predicted octanol–water partition coefficient (Wildman–Crippen LogP) is 5.09. The van der Waals surface area contributed by atoms with Crippen LogP contribution in [0.3, 0.4) is 0 Å². The van der Waals surface area contributed by atoms with Crippen LogP contribution in [0.4, 0.5) is 29.7 Å². The fourth-order valence-electron chi connectivity index (χ4n) is 5.50. The molecule has 0 bridgehead atoms. The number of carbonyl (C=O) groups excluding carboxylic acids is 2. The molecule has 280 valence electrons. The summed E-state index contributed by atoms with van der Waals surface area (Å²) in [5, 5.41) is 5.81. The fourth-order valence-corrected chi connectivity index (χ4v) is 7.38. The quantitative estimate of drug-likeness (QED) is 0.172. The van der Waals surface area contributed by atoms with Gasteiger partial charge in [-0.15, -0.1) is 34.0 Å². The highest BCUT2D eigenvalue weighted by atomic mass is 79.9. The van der Waals surface area contributed by atoms with Gasteiger partial charge in [0.2, 0.25) is 0 Å². The third-order valence-corrected chi connectivity index (χ3v) is 10.8. The van der Waals surface area contributed by atoms with Gasteiger partial charge >= 0.3 is 12.1 Å². The molecule has 2 aliphatic rings. The number of fused-ring (bicyclic) bond motifs is 2. The summed E-state index contributed by atoms with van der Waals surface area (Å²) in [5.74, 6) is -1.23. The molecule has 0 aromatic heterocycles. The summed E-state index contributed by atoms with van der Waals surface area (Å²) in [6, 6.07) is 17.4. The smallest absolute Gasteiger partial charge is 0.333 e. The van der Waals surface area contributed by atoms with E-state index in [1.807, 2.05) is 15.5 Å². The van der Waals surface area contributed by atoms with Gasteiger partial charge in [0.05, 0.1) is 9.79 Å². The van der Waals surface area contributed by atoms with Gasteiger partial charge in [-0.2, -0.15) is 0 Å². The van der Waals surface area contributed by atoms with Gasteiger partial charge in [-0.05, 0) is 134 Å². The van der Waals surface area contributed by atoms with Gasteiger partial charge in [0.1, 0.15) is 11.6 Å². The zero-order chi connectivity index (χ0) is 35.9. The van der Waals surface area contributed by atoms with Crippen molar-refractivity contribution >= 4 is 77.4 Å². The van der Waals surface area contributed by atoms with E-state index in [2.05, 4.69) is 22.8 Å². The summed E-state index contributed by atoms with van der Waals surface area (Å²) in [6.45, 7) is 2.57. The molecule has 4 amide bonds. The highest BCUT2D eigenvalue weighted by molar-refractivity contribution is 8.93. The molecule has 6 N–H and O–H groups in total. The van der Waals surface area contributed by atoms with Crippen molar-refractivity contribution in [2.24, 2.45) is 0 Å². The van der Waals surface area contributed by atoms with Crippen LogP contribution in [-0.4, -0.2) is 60.0 Å². The summed E-state index contributed by atoms with van der Waals surface area (Å²) in [4.78, 5) is 25.8. The average molecular weight is 889 g/mol. The second-order valence-corrected chi connectivity index (χ2v) is 15.0. The fraction of sp³-hybridized carbons (Fsp3) is 0.235. The van der Waals surface area contributed by atoms with Crippen molar-refractivity contribution in [2.45, 2.75) is 35.5 Å². The summed E-state index contributed by atoms with van der Waals surface area (Å²) in [7, 11) is -8.41. The first kappa shape index (κ1) is 42.3. The van der Waals surface area contributed by atoms with E-state index in [-0.39, 0.29) is 56.8 Å². The average Bonchev–Trinajstić information content (AvgIpc) is 3.43. The molecule has 0 atom stereocenters. The Hall–Kier alpha value is -4.10. The first-order valence-corrected chi connectivity index (χ1v) is 18.6. The topological polar surface area (TPSA) is 180 Å². The van der Waals surface area contributed by atoms with Crippen LogP contribution in [0.15, 0.2) is 94.7 Å². The Bertz CT molecular complexity index is 2090. The van der Waals surface area contributed by atoms with Crippen molar-refractivity contribution in [2.75, 3.05) is 37.2 Å². The van der Waals surface area contributed by atoms with Crippen LogP contribution < -0.4 is 25.8 Å². The number of nitrogens with zero attached hydrogens (tertiary/aromatic N) is 1. The van der Waals surface area contributed by atoms with Gasteiger partial charge in [0.15, 0.2) is 0 Å². The number of anilines is 2. The molecule has 4 aromatic carbocycles. The number of hydrogen-bond donors (Lipinski definition) is 5. The largest absolute Gasteiger partial charge is 0.399 e. The molecule has 2 aliphatic heterocycles. The normalized spacial score (nSPS) is 13.8. The Morgan fingerprint density at radius 1 is 0.635 bits per heavy atom. The maximum absolute atomic E-state index is 13.1. The minimum absolute atomic E-state index is 0. The molecule has 0 saturated carbocycles. The summed E-state index contributed by atoms with van der Waals surface area (Å²) >= 11 is 0. The molecule has 12 nitrogen and oxygen atoms in total. The molecule has 0 radical (unpaired) electrons. The summed E-state index contributed by atoms with van der Waals surface area (Å²) < 4.78 is 79.6. The number of carbonyl (C=O) groups is 2. The molecular formula is C34H38Br2F2N6O6S2. The predicted molar refractivity (Wildman–Crippen MR) is 205 cm³/mol. The van der Waals surface area contributed by atoms with E-state index in [0.717, 1.165) is 91.3 Å². The number of urea groups is 2. The van der Waals surface area contributed by atoms with Gasteiger partial charge < -0.3 is 21.3 Å². The molecule has 18 heteroatoms. The van der Waals surface area contributed by atoms with Crippen molar-refractivity contribution < 1.29 is 35.2 Å². The summed E-state index contributed by atoms with van der Waals surface area (Å²) in [6.07, 6.45) is 2.99. The van der Waals surface area contributed by atoms with E-state index in [4.69, 9.17) is 5.73 Å². The van der Waals surface area contributed by atoms with Crippen molar-refractivity contribution in [3.63, 3.8) is 0 Å². The van der Waals surface area contributed by atoms with Crippen LogP contribution in [0, 0.1) is 11.6 Å². The number of nitrogens with two attached hydrogens (primary N) is 1. The van der Waals surface area contributed by atoms with E-state index < -0.39 is 43.7 Å². The lowest BCUT2D eigenvalue weighted by atomic mass is 10.0. The van der Waals surface area contributed by atoms with E-state index in [0.29, 0.717) is 18.5 Å². The van der Waals surface area contributed by atoms with Crippen molar-refractivity contribution in [3.8, 4) is 0 Å². The Morgan fingerprint density at radius 3 is 1.71 bits per heavy atom. The number of amides is 4. The molecular weight excluding hydrogens is 850 g/mol. The third-order valence-electron chi connectivity index (χ3n) is 8.12. The van der Waals surface area contributed by atoms with E-state index in [1.165, 1.54) is 16.0 Å². The van der Waals surface area contributed by atoms with Crippen molar-refractivity contribution in [1.29, 1.82) is 0 Å². The van der Waals surface area contributed by atoms with Gasteiger partial charge in [-0.3, -0.25) is 0 Å². The second kappa shape index (κ2) is 18.6. The molecule has 0 saturated heterocycles. The third kappa shape index (κ3) is 11.4. The molecule has 0 spiro atoms. The lowest BCUT2D eigenvalue weighted by molar-refractivity contribution is 0.206. The van der Waals surface area contributed by atoms with Crippen LogP contribution in [0.1, 0.15) is 22.3 Å². The van der Waals surface area contributed by atoms with Crippen molar-refractivity contribution in [3.05, 3.63) is 119 Å². The standard InChI is InChI=1S/C24H22F2N4O6S2.C10H14N2.2BrH/c25-18-2-7-21(8-3-18)37(33,34)28-23(31)27-20-6-1-16-11-13-30(14-12-17(16)15-20)24(32)29-38(35,36)22-9-4-19(26)5-10-22;11-10-2-1-8-3-5-12-6-4-9(8)7-10;;/h1-10,15H,11-14H2,(H,29,32)(H2,27,28,31);1-2,7,12H,3-6,11H2;2*1H. The Labute approximate surface area is 322 Å². The van der Waals surface area contributed by atoms with Crippen LogP contribution in [-0.2, 0) is 45.7 Å². The number of halogens is 4. The van der Waals surface area contributed by atoms with Gasteiger partial charge in [0.25, 0.3) is 20.0 Å². The molecule has 52 heavy (non-hydrogen) atoms. The SMILES string of the molecule is Br.Br.Nc1ccc2c(c1)CCNCC2.O=C(Nc1ccc2c(c1)CCN(C(=O)NS(=O)(=O)c1ccc(F)cc1)CC2)NS(=O)(=O)c1ccc(F)cc1. The monoisotopic (exact) mass is 886 g/mol. The number of nitrogen functional groups attached to an aromatic ring is 1. The minimum Gasteiger partial charge on any atom is -0.399 e. The number of benzene rings is 4. The first-order valence-electron chi connectivity index (χ1n) is 15.7. The highest BCUT2D eigenvalue weighted by Crippen LogP contribution is 2.22. The Morgan fingerprint density at radius 2 is 1.12 bits per heavy atom. The van der Waals surface area contributed by atoms with Crippen LogP contribution in [0.25, 0.3) is 0 Å². The van der Waals surface area contributed by atoms with E-state index >= 15 is 0 Å². The molecule has 0 fully saturated rings. The molecule has 0 aliphatic carbocycles. The maximum Gasteiger partial charge on any atom is 0.333 e. The number of rotatable bonds is 5. The molecule has 2 heterocycles.